The molecule has 1 aliphatic rings. The third-order valence-electron chi connectivity index (χ3n) is 5.75. The molecule has 4 heteroatoms. The van der Waals surface area contributed by atoms with Gasteiger partial charge in [0.25, 0.3) is 0 Å². The summed E-state index contributed by atoms with van der Waals surface area (Å²) < 4.78 is 0. The molecule has 2 N–H and O–H groups in total. The lowest BCUT2D eigenvalue weighted by atomic mass is 9.72. The van der Waals surface area contributed by atoms with Gasteiger partial charge in [-0.2, -0.15) is 0 Å². The molecule has 0 amide bonds. The van der Waals surface area contributed by atoms with Gasteiger partial charge >= 0.3 is 11.9 Å². The topological polar surface area (TPSA) is 74.6 Å². The SMILES string of the molecule is CC1=C(/C=C/C(C)=C\C=C(\C(C)=C/C(=O)O)c2cccc(C(=O)O)c2)C(C)(C)CCC1. The van der Waals surface area contributed by atoms with E-state index >= 15 is 0 Å². The fraction of sp³-hybridized carbons (Fsp3) is 0.333. The van der Waals surface area contributed by atoms with Gasteiger partial charge in [-0.05, 0) is 79.9 Å². The van der Waals surface area contributed by atoms with E-state index in [0.29, 0.717) is 16.7 Å². The maximum absolute atomic E-state index is 11.4. The van der Waals surface area contributed by atoms with Crippen LogP contribution in [0.4, 0.5) is 0 Å². The molecule has 2 rings (SSSR count). The molecule has 164 valence electrons. The van der Waals surface area contributed by atoms with Crippen LogP contribution in [0.1, 0.15) is 69.8 Å². The Bertz CT molecular complexity index is 1010. The largest absolute Gasteiger partial charge is 0.478 e. The highest BCUT2D eigenvalue weighted by Gasteiger charge is 2.26. The molecule has 0 unspecified atom stereocenters. The zero-order chi connectivity index (χ0) is 23.2. The highest BCUT2D eigenvalue weighted by molar-refractivity contribution is 5.92. The van der Waals surface area contributed by atoms with Gasteiger partial charge in [0.2, 0.25) is 0 Å². The fourth-order valence-corrected chi connectivity index (χ4v) is 4.03. The molecule has 0 radical (unpaired) electrons. The maximum Gasteiger partial charge on any atom is 0.335 e. The van der Waals surface area contributed by atoms with Crippen molar-refractivity contribution in [3.63, 3.8) is 0 Å². The zero-order valence-electron chi connectivity index (χ0n) is 19.0. The molecule has 1 aromatic rings. The molecule has 0 spiro atoms. The van der Waals surface area contributed by atoms with Crippen LogP contribution in [-0.4, -0.2) is 22.2 Å². The maximum atomic E-state index is 11.4. The standard InChI is InChI=1S/C27H32O4/c1-18(12-14-24-19(2)8-7-15-27(24,4)5)11-13-23(20(3)16-25(28)29)21-9-6-10-22(17-21)26(30)31/h6,9-14,16-17H,7-8,15H2,1-5H3,(H,28,29)(H,30,31)/b14-12+,18-11-,20-16-,23-13-. The number of aromatic carboxylic acids is 1. The number of benzene rings is 1. The number of carboxylic acids is 2. The van der Waals surface area contributed by atoms with E-state index in [4.69, 9.17) is 0 Å². The Labute approximate surface area is 185 Å². The lowest BCUT2D eigenvalue weighted by Gasteiger charge is -2.32. The van der Waals surface area contributed by atoms with E-state index < -0.39 is 11.9 Å². The van der Waals surface area contributed by atoms with Gasteiger partial charge in [-0.15, -0.1) is 0 Å². The predicted molar refractivity (Wildman–Crippen MR) is 126 cm³/mol. The van der Waals surface area contributed by atoms with Crippen LogP contribution < -0.4 is 0 Å². The summed E-state index contributed by atoms with van der Waals surface area (Å²) in [5.74, 6) is -2.06. The van der Waals surface area contributed by atoms with E-state index in [0.717, 1.165) is 18.1 Å². The summed E-state index contributed by atoms with van der Waals surface area (Å²) in [7, 11) is 0. The minimum absolute atomic E-state index is 0.161. The van der Waals surface area contributed by atoms with E-state index in [1.165, 1.54) is 30.1 Å². The molecule has 0 fully saturated rings. The summed E-state index contributed by atoms with van der Waals surface area (Å²) in [5, 5.41) is 18.5. The second-order valence-corrected chi connectivity index (χ2v) is 8.81. The van der Waals surface area contributed by atoms with Gasteiger partial charge in [0, 0.05) is 6.08 Å². The summed E-state index contributed by atoms with van der Waals surface area (Å²) in [6.07, 6.45) is 12.7. The smallest absolute Gasteiger partial charge is 0.335 e. The number of hydrogen-bond acceptors (Lipinski definition) is 2. The van der Waals surface area contributed by atoms with Crippen molar-refractivity contribution in [1.29, 1.82) is 0 Å². The van der Waals surface area contributed by atoms with Gasteiger partial charge in [0.05, 0.1) is 5.56 Å². The first-order valence-corrected chi connectivity index (χ1v) is 10.5. The van der Waals surface area contributed by atoms with Crippen LogP contribution >= 0.6 is 0 Å². The number of aliphatic carboxylic acids is 1. The summed E-state index contributed by atoms with van der Waals surface area (Å²) in [4.78, 5) is 22.5. The lowest BCUT2D eigenvalue weighted by Crippen LogP contribution is -2.19. The van der Waals surface area contributed by atoms with Gasteiger partial charge < -0.3 is 10.2 Å². The Kier molecular flexibility index (Phi) is 7.98. The molecule has 0 saturated carbocycles. The summed E-state index contributed by atoms with van der Waals surface area (Å²) in [6.45, 7) is 10.5. The van der Waals surface area contributed by atoms with Gasteiger partial charge in [-0.25, -0.2) is 9.59 Å². The number of allylic oxidation sites excluding steroid dienone is 9. The zero-order valence-corrected chi connectivity index (χ0v) is 19.0. The van der Waals surface area contributed by atoms with Crippen molar-refractivity contribution in [2.24, 2.45) is 5.41 Å². The first kappa shape index (κ1) is 24.1. The Morgan fingerprint density at radius 1 is 1.06 bits per heavy atom. The van der Waals surface area contributed by atoms with E-state index in [-0.39, 0.29) is 11.0 Å². The third-order valence-corrected chi connectivity index (χ3v) is 5.75. The van der Waals surface area contributed by atoms with E-state index in [1.54, 1.807) is 25.1 Å². The van der Waals surface area contributed by atoms with E-state index in [9.17, 15) is 19.8 Å². The van der Waals surface area contributed by atoms with Gasteiger partial charge in [-0.1, -0.05) is 61.4 Å². The van der Waals surface area contributed by atoms with Crippen molar-refractivity contribution in [3.05, 3.63) is 88.1 Å². The molecular weight excluding hydrogens is 388 g/mol. The van der Waals surface area contributed by atoms with Crippen LogP contribution in [-0.2, 0) is 4.79 Å². The van der Waals surface area contributed by atoms with Crippen LogP contribution in [0.2, 0.25) is 0 Å². The van der Waals surface area contributed by atoms with Crippen molar-refractivity contribution in [3.8, 4) is 0 Å². The highest BCUT2D eigenvalue weighted by Crippen LogP contribution is 2.40. The van der Waals surface area contributed by atoms with Crippen LogP contribution in [0.25, 0.3) is 5.57 Å². The second kappa shape index (κ2) is 10.3. The molecule has 0 heterocycles. The Morgan fingerprint density at radius 2 is 1.74 bits per heavy atom. The first-order valence-electron chi connectivity index (χ1n) is 10.5. The minimum atomic E-state index is -1.04. The van der Waals surface area contributed by atoms with Crippen molar-refractivity contribution < 1.29 is 19.8 Å². The molecule has 0 aliphatic heterocycles. The first-order chi connectivity index (χ1) is 14.5. The molecule has 0 atom stereocenters. The van der Waals surface area contributed by atoms with Crippen LogP contribution in [0.5, 0.6) is 0 Å². The number of rotatable bonds is 7. The average Bonchev–Trinajstić information content (AvgIpc) is 2.67. The minimum Gasteiger partial charge on any atom is -0.478 e. The lowest BCUT2D eigenvalue weighted by molar-refractivity contribution is -0.131. The molecule has 1 aromatic carbocycles. The summed E-state index contributed by atoms with van der Waals surface area (Å²) in [6, 6.07) is 6.53. The van der Waals surface area contributed by atoms with Gasteiger partial charge in [0.15, 0.2) is 0 Å². The number of hydrogen-bond donors (Lipinski definition) is 2. The molecule has 0 aromatic heterocycles. The Balaban J connectivity index is 2.43. The molecular formula is C27H32O4. The molecule has 0 saturated heterocycles. The summed E-state index contributed by atoms with van der Waals surface area (Å²) >= 11 is 0. The highest BCUT2D eigenvalue weighted by atomic mass is 16.4. The van der Waals surface area contributed by atoms with Crippen LogP contribution in [0, 0.1) is 5.41 Å². The molecule has 31 heavy (non-hydrogen) atoms. The number of carboxylic acid groups (broad SMARTS) is 2. The molecule has 0 bridgehead atoms. The van der Waals surface area contributed by atoms with Crippen molar-refractivity contribution in [1.82, 2.24) is 0 Å². The predicted octanol–water partition coefficient (Wildman–Crippen LogP) is 6.83. The Hall–Kier alpha value is -3.14. The monoisotopic (exact) mass is 420 g/mol. The summed E-state index contributed by atoms with van der Waals surface area (Å²) in [5.41, 5.74) is 6.05. The molecule has 4 nitrogen and oxygen atoms in total. The second-order valence-electron chi connectivity index (χ2n) is 8.81. The average molecular weight is 421 g/mol. The quantitative estimate of drug-likeness (QED) is 0.374. The molecule has 1 aliphatic carbocycles. The van der Waals surface area contributed by atoms with Gasteiger partial charge in [-0.3, -0.25) is 0 Å². The van der Waals surface area contributed by atoms with E-state index in [1.807, 2.05) is 19.1 Å². The van der Waals surface area contributed by atoms with Crippen LogP contribution in [0.15, 0.2) is 76.9 Å². The van der Waals surface area contributed by atoms with E-state index in [2.05, 4.69) is 32.9 Å². The van der Waals surface area contributed by atoms with Crippen molar-refractivity contribution >= 4 is 17.5 Å². The Morgan fingerprint density at radius 3 is 2.35 bits per heavy atom. The third kappa shape index (κ3) is 6.68. The van der Waals surface area contributed by atoms with Crippen molar-refractivity contribution in [2.75, 3.05) is 0 Å². The normalized spacial score (nSPS) is 17.9. The fourth-order valence-electron chi connectivity index (χ4n) is 4.03. The number of carbonyl (C=O) groups is 2. The van der Waals surface area contributed by atoms with Crippen LogP contribution in [0.3, 0.4) is 0 Å². The van der Waals surface area contributed by atoms with Gasteiger partial charge in [0.1, 0.15) is 0 Å². The van der Waals surface area contributed by atoms with Crippen molar-refractivity contribution in [2.45, 2.75) is 53.9 Å².